The van der Waals surface area contributed by atoms with E-state index in [0.29, 0.717) is 63.7 Å². The number of halogens is 1. The third kappa shape index (κ3) is 13.1. The van der Waals surface area contributed by atoms with Crippen LogP contribution >= 0.6 is 11.6 Å². The second kappa shape index (κ2) is 23.6. The van der Waals surface area contributed by atoms with Crippen LogP contribution in [0.1, 0.15) is 67.6 Å². The first kappa shape index (κ1) is 49.7. The second-order valence-electron chi connectivity index (χ2n) is 15.9. The highest BCUT2D eigenvalue weighted by Gasteiger charge is 2.36. The van der Waals surface area contributed by atoms with Crippen LogP contribution in [0.25, 0.3) is 22.3 Å². The molecule has 5 rings (SSSR count). The smallest absolute Gasteiger partial charge is 0.251 e. The molecule has 16 nitrogen and oxygen atoms in total. The monoisotopic (exact) mass is 910 g/mol. The number of carbonyl (C=O) groups excluding carboxylic acids is 6. The fraction of sp³-hybridized carbons (Fsp3) is 0.375. The Bertz CT molecular complexity index is 2330. The Morgan fingerprint density at radius 1 is 0.785 bits per heavy atom. The van der Waals surface area contributed by atoms with E-state index in [9.17, 15) is 28.8 Å². The van der Waals surface area contributed by atoms with Crippen molar-refractivity contribution in [3.63, 3.8) is 0 Å². The fourth-order valence-corrected chi connectivity index (χ4v) is 7.45. The van der Waals surface area contributed by atoms with E-state index in [0.717, 1.165) is 11.1 Å². The van der Waals surface area contributed by atoms with Crippen LogP contribution in [-0.4, -0.2) is 104 Å². The lowest BCUT2D eigenvalue weighted by Gasteiger charge is -2.33. The molecule has 4 aromatic carbocycles. The van der Waals surface area contributed by atoms with Crippen LogP contribution in [0.3, 0.4) is 0 Å². The lowest BCUT2D eigenvalue weighted by atomic mass is 9.93. The molecule has 0 aromatic heterocycles. The van der Waals surface area contributed by atoms with Crippen LogP contribution in [0.5, 0.6) is 11.5 Å². The van der Waals surface area contributed by atoms with Crippen LogP contribution in [0.4, 0.5) is 0 Å². The van der Waals surface area contributed by atoms with Crippen LogP contribution in [-0.2, 0) is 30.4 Å². The van der Waals surface area contributed by atoms with Gasteiger partial charge in [0.25, 0.3) is 5.91 Å². The Hall–Kier alpha value is -6.33. The zero-order valence-electron chi connectivity index (χ0n) is 37.2. The summed E-state index contributed by atoms with van der Waals surface area (Å²) in [6.45, 7) is 5.38. The normalized spacial score (nSPS) is 17.0. The van der Waals surface area contributed by atoms with Gasteiger partial charge in [0.05, 0.1) is 6.04 Å². The maximum absolute atomic E-state index is 14.8. The second-order valence-corrected chi connectivity index (χ2v) is 16.4. The minimum Gasteiger partial charge on any atom is -0.492 e. The van der Waals surface area contributed by atoms with Crippen molar-refractivity contribution < 1.29 is 38.2 Å². The number of hydrogen-bond acceptors (Lipinski definition) is 11. The first-order valence-electron chi connectivity index (χ1n) is 21.6. The maximum atomic E-state index is 14.8. The van der Waals surface area contributed by atoms with Crippen LogP contribution in [0.15, 0.2) is 84.9 Å². The fourth-order valence-electron chi connectivity index (χ4n) is 7.32. The van der Waals surface area contributed by atoms with Gasteiger partial charge in [-0.2, -0.15) is 0 Å². The lowest BCUT2D eigenvalue weighted by molar-refractivity contribution is -0.141. The molecule has 346 valence electrons. The molecule has 1 heterocycles. The van der Waals surface area contributed by atoms with Gasteiger partial charge in [-0.25, -0.2) is 0 Å². The number of amides is 5. The quantitative estimate of drug-likeness (QED) is 0.0713. The third-order valence-corrected chi connectivity index (χ3v) is 11.3. The Morgan fingerprint density at radius 3 is 1.98 bits per heavy atom. The molecule has 0 saturated carbocycles. The molecule has 17 heteroatoms. The molecule has 0 spiro atoms. The molecule has 5 amide bonds. The van der Waals surface area contributed by atoms with Crippen molar-refractivity contribution >= 4 is 46.9 Å². The average Bonchev–Trinajstić information content (AvgIpc) is 3.29. The molecule has 65 heavy (non-hydrogen) atoms. The summed E-state index contributed by atoms with van der Waals surface area (Å²) in [5.74, 6) is -2.62. The predicted octanol–water partition coefficient (Wildman–Crippen LogP) is 3.42. The van der Waals surface area contributed by atoms with Crippen molar-refractivity contribution in [3.8, 4) is 33.8 Å². The van der Waals surface area contributed by atoms with Crippen molar-refractivity contribution in [2.75, 3.05) is 39.9 Å². The molecular formula is C48H59ClN8O8. The summed E-state index contributed by atoms with van der Waals surface area (Å²) in [6.07, 6.45) is 1.27. The van der Waals surface area contributed by atoms with E-state index in [-0.39, 0.29) is 44.9 Å². The number of nitrogens with one attached hydrogen (secondary N) is 4. The number of Topliss-reactive ketones (excluding diaryl/α,β-unsaturated/α-hetero) is 1. The molecule has 5 unspecified atom stereocenters. The van der Waals surface area contributed by atoms with E-state index in [1.165, 1.54) is 32.7 Å². The first-order valence-corrected chi connectivity index (χ1v) is 22.0. The molecule has 4 bridgehead atoms. The van der Waals surface area contributed by atoms with Gasteiger partial charge in [0.2, 0.25) is 23.6 Å². The number of carbonyl (C=O) groups is 6. The molecule has 0 radical (unpaired) electrons. The standard InChI is InChI=1S/C48H59ClN8O8/c1-28(30(3)58)53-46(61)40-26-31-8-18-41(64-23-21-51)37(25-31)38-27-35(15-19-42(38)65-24-22-52)43(47(62)54-29(2)44(59)56-40)57(4)48(63)39(7-5-6-20-50)55-45(60)34-11-9-32(10-12-34)33-13-16-36(49)17-14-33/h8-19,25,27-29,39-40,43H,5-7,20-24,26,50-52H2,1-4H3,(H,53,61)(H,54,62)(H,55,60)(H,56,59). The van der Waals surface area contributed by atoms with Crippen molar-refractivity contribution in [1.29, 1.82) is 0 Å². The number of unbranched alkanes of at least 4 members (excludes halogenated alkanes) is 1. The largest absolute Gasteiger partial charge is 0.492 e. The minimum atomic E-state index is -1.37. The number of hydrogen-bond donors (Lipinski definition) is 7. The number of rotatable bonds is 18. The third-order valence-electron chi connectivity index (χ3n) is 11.1. The Labute approximate surface area is 384 Å². The van der Waals surface area contributed by atoms with E-state index >= 15 is 0 Å². The highest BCUT2D eigenvalue weighted by Crippen LogP contribution is 2.40. The van der Waals surface area contributed by atoms with Crippen molar-refractivity contribution in [1.82, 2.24) is 26.2 Å². The van der Waals surface area contributed by atoms with Gasteiger partial charge in [-0.3, -0.25) is 28.8 Å². The highest BCUT2D eigenvalue weighted by molar-refractivity contribution is 6.30. The van der Waals surface area contributed by atoms with Crippen molar-refractivity contribution in [3.05, 3.63) is 107 Å². The van der Waals surface area contributed by atoms with Crippen molar-refractivity contribution in [2.45, 2.75) is 76.7 Å². The summed E-state index contributed by atoms with van der Waals surface area (Å²) < 4.78 is 12.2. The molecule has 0 fully saturated rings. The van der Waals surface area contributed by atoms with Gasteiger partial charge in [-0.1, -0.05) is 48.0 Å². The zero-order chi connectivity index (χ0) is 47.2. The van der Waals surface area contributed by atoms with Gasteiger partial charge in [-0.15, -0.1) is 0 Å². The van der Waals surface area contributed by atoms with Gasteiger partial charge in [0.1, 0.15) is 48.9 Å². The predicted molar refractivity (Wildman–Crippen MR) is 249 cm³/mol. The molecule has 0 aliphatic carbocycles. The summed E-state index contributed by atoms with van der Waals surface area (Å²) in [7, 11) is 1.45. The molecule has 1 aliphatic heterocycles. The number of nitrogens with zero attached hydrogens (tertiary/aromatic N) is 1. The van der Waals surface area contributed by atoms with E-state index in [1.807, 2.05) is 12.1 Å². The number of nitrogens with two attached hydrogens (primary N) is 3. The van der Waals surface area contributed by atoms with Gasteiger partial charge in [0.15, 0.2) is 5.78 Å². The van der Waals surface area contributed by atoms with Crippen LogP contribution in [0, 0.1) is 0 Å². The van der Waals surface area contributed by atoms with Gasteiger partial charge < -0.3 is 52.8 Å². The van der Waals surface area contributed by atoms with E-state index in [1.54, 1.807) is 72.8 Å². The number of ketones is 1. The Balaban J connectivity index is 1.59. The van der Waals surface area contributed by atoms with E-state index in [4.69, 9.17) is 38.3 Å². The molecule has 4 aromatic rings. The Kier molecular flexibility index (Phi) is 18.0. The molecule has 0 saturated heterocycles. The first-order chi connectivity index (χ1) is 31.1. The summed E-state index contributed by atoms with van der Waals surface area (Å²) in [4.78, 5) is 84.2. The molecule has 1 aliphatic rings. The summed E-state index contributed by atoms with van der Waals surface area (Å²) in [5.41, 5.74) is 21.5. The average molecular weight is 912 g/mol. The number of benzene rings is 4. The molecular weight excluding hydrogens is 852 g/mol. The summed E-state index contributed by atoms with van der Waals surface area (Å²) in [5, 5.41) is 11.7. The maximum Gasteiger partial charge on any atom is 0.251 e. The highest BCUT2D eigenvalue weighted by atomic mass is 35.5. The molecule has 5 atom stereocenters. The minimum absolute atomic E-state index is 0.00462. The van der Waals surface area contributed by atoms with Crippen LogP contribution < -0.4 is 47.9 Å². The summed E-state index contributed by atoms with van der Waals surface area (Å²) >= 11 is 6.07. The zero-order valence-corrected chi connectivity index (χ0v) is 37.9. The SMILES string of the molecule is CC(=O)C(C)NC(=O)C1Cc2ccc(OCCN)c(c2)-c2cc(ccc2OCCN)C(N(C)C(=O)C(CCCCN)NC(=O)c2ccc(-c3ccc(Cl)cc3)cc2)C(=O)NC(C)C(=O)N1. The van der Waals surface area contributed by atoms with Gasteiger partial charge in [0, 0.05) is 48.3 Å². The van der Waals surface area contributed by atoms with Gasteiger partial charge >= 0.3 is 0 Å². The number of ether oxygens (including phenoxy) is 2. The number of likely N-dealkylation sites (N-methyl/N-ethyl adjacent to an activating group) is 1. The molecule has 10 N–H and O–H groups in total. The summed E-state index contributed by atoms with van der Waals surface area (Å²) in [6, 6.07) is 18.8. The van der Waals surface area contributed by atoms with Crippen LogP contribution in [0.2, 0.25) is 5.02 Å². The lowest BCUT2D eigenvalue weighted by Crippen LogP contribution is -2.56. The van der Waals surface area contributed by atoms with E-state index < -0.39 is 59.7 Å². The number of fused-ring (bicyclic) bond motifs is 5. The van der Waals surface area contributed by atoms with Crippen molar-refractivity contribution in [2.24, 2.45) is 17.2 Å². The van der Waals surface area contributed by atoms with E-state index in [2.05, 4.69) is 21.3 Å². The Morgan fingerprint density at radius 2 is 1.38 bits per heavy atom. The van der Waals surface area contributed by atoms with Gasteiger partial charge in [-0.05, 0) is 117 Å². The topological polar surface area (TPSA) is 250 Å².